The molecule has 0 atom stereocenters. The summed E-state index contributed by atoms with van der Waals surface area (Å²) in [5.74, 6) is 0. The summed E-state index contributed by atoms with van der Waals surface area (Å²) in [5, 5.41) is 0. The van der Waals surface area contributed by atoms with E-state index in [1.165, 1.54) is 18.9 Å². The number of aromatic nitrogens is 4. The van der Waals surface area contributed by atoms with E-state index in [9.17, 15) is 30.9 Å². The Morgan fingerprint density at radius 1 is 0.935 bits per heavy atom. The summed E-state index contributed by atoms with van der Waals surface area (Å²) < 4.78 is 109. The van der Waals surface area contributed by atoms with E-state index in [2.05, 4.69) is 33.5 Å². The number of ether oxygens (including phenoxy) is 3. The van der Waals surface area contributed by atoms with Crippen molar-refractivity contribution in [2.24, 2.45) is 0 Å². The van der Waals surface area contributed by atoms with Gasteiger partial charge in [0.25, 0.3) is 0 Å². The number of nitrogens with zero attached hydrogens (tertiary/aromatic N) is 4. The van der Waals surface area contributed by atoms with Crippen molar-refractivity contribution >= 4 is 18.8 Å². The maximum absolute atomic E-state index is 12.5. The van der Waals surface area contributed by atoms with Crippen molar-refractivity contribution in [1.82, 2.24) is 19.5 Å². The van der Waals surface area contributed by atoms with Gasteiger partial charge in [-0.1, -0.05) is 0 Å². The Hall–Kier alpha value is -1.84. The largest absolute Gasteiger partial charge is 0.411 e. The van der Waals surface area contributed by atoms with Crippen molar-refractivity contribution < 1.29 is 54.2 Å². The molecule has 0 aliphatic heterocycles. The maximum Gasteiger partial charge on any atom is 0.411 e. The van der Waals surface area contributed by atoms with E-state index >= 15 is 0 Å². The van der Waals surface area contributed by atoms with Gasteiger partial charge < -0.3 is 18.8 Å². The zero-order valence-corrected chi connectivity index (χ0v) is 16.5. The summed E-state index contributed by atoms with van der Waals surface area (Å²) in [6.45, 7) is -5.46. The van der Waals surface area contributed by atoms with Crippen LogP contribution in [0.2, 0.25) is 0 Å². The standard InChI is InChI=1S/C14H17F6N4O6P/c15-13(16,17)4-27-8-29-31(25,30-9-28-5-14(18,19)20)10-26-2-1-24-7-23-11-3-21-6-22-12(11)24/h3,6-7H,1-2,4-5,8-10H2. The predicted octanol–water partition coefficient (Wildman–Crippen LogP) is 3.10. The molecule has 2 rings (SSSR count). The fraction of sp³-hybridized carbons (Fsp3) is 0.643. The van der Waals surface area contributed by atoms with Crippen LogP contribution in [-0.4, -0.2) is 71.6 Å². The molecule has 2 heterocycles. The van der Waals surface area contributed by atoms with Gasteiger partial charge in [0.2, 0.25) is 0 Å². The van der Waals surface area contributed by atoms with Gasteiger partial charge in [0.15, 0.2) is 19.2 Å². The van der Waals surface area contributed by atoms with Crippen molar-refractivity contribution in [2.45, 2.75) is 18.9 Å². The SMILES string of the molecule is O=P(COCCn1cnc2cncnc21)(OCOCC(F)(F)F)OCOCC(F)(F)F. The highest BCUT2D eigenvalue weighted by Gasteiger charge is 2.31. The van der Waals surface area contributed by atoms with Crippen molar-refractivity contribution in [2.75, 3.05) is 39.8 Å². The van der Waals surface area contributed by atoms with Crippen LogP contribution in [0, 0.1) is 0 Å². The lowest BCUT2D eigenvalue weighted by molar-refractivity contribution is -0.192. The topological polar surface area (TPSA) is 107 Å². The number of hydrogen-bond acceptors (Lipinski definition) is 9. The Balaban J connectivity index is 1.83. The molecule has 0 spiro atoms. The normalized spacial score (nSPS) is 13.2. The number of imidazole rings is 1. The molecule has 0 saturated heterocycles. The molecule has 10 nitrogen and oxygen atoms in total. The highest BCUT2D eigenvalue weighted by atomic mass is 31.2. The van der Waals surface area contributed by atoms with Crippen LogP contribution in [-0.2, 0) is 34.4 Å². The Labute approximate surface area is 170 Å². The summed E-state index contributed by atoms with van der Waals surface area (Å²) in [6, 6.07) is 0. The first-order valence-corrected chi connectivity index (χ1v) is 10.1. The molecule has 0 radical (unpaired) electrons. The van der Waals surface area contributed by atoms with E-state index in [4.69, 9.17) is 4.74 Å². The van der Waals surface area contributed by atoms with Crippen LogP contribution in [0.15, 0.2) is 18.9 Å². The number of fused-ring (bicyclic) bond motifs is 1. The van der Waals surface area contributed by atoms with Gasteiger partial charge in [-0.25, -0.2) is 15.0 Å². The van der Waals surface area contributed by atoms with Gasteiger partial charge in [0, 0.05) is 6.54 Å². The zero-order chi connectivity index (χ0) is 23.0. The van der Waals surface area contributed by atoms with E-state index in [-0.39, 0.29) is 13.2 Å². The van der Waals surface area contributed by atoms with Crippen molar-refractivity contribution in [3.05, 3.63) is 18.9 Å². The van der Waals surface area contributed by atoms with Crippen molar-refractivity contribution in [1.29, 1.82) is 0 Å². The van der Waals surface area contributed by atoms with Gasteiger partial charge in [0.1, 0.15) is 31.4 Å². The average molecular weight is 482 g/mol. The lowest BCUT2D eigenvalue weighted by Crippen LogP contribution is -2.20. The molecule has 0 aromatic carbocycles. The van der Waals surface area contributed by atoms with Crippen molar-refractivity contribution in [3.8, 4) is 0 Å². The van der Waals surface area contributed by atoms with E-state index < -0.39 is 53.1 Å². The second kappa shape index (κ2) is 11.2. The Morgan fingerprint density at radius 3 is 2.13 bits per heavy atom. The first-order chi connectivity index (χ1) is 14.5. The minimum atomic E-state index is -4.66. The molecular weight excluding hydrogens is 465 g/mol. The van der Waals surface area contributed by atoms with Gasteiger partial charge >= 0.3 is 19.9 Å². The molecule has 0 fully saturated rings. The molecule has 0 N–H and O–H groups in total. The third-order valence-corrected chi connectivity index (χ3v) is 4.70. The summed E-state index contributed by atoms with van der Waals surface area (Å²) in [6.07, 6.45) is -5.85. The van der Waals surface area contributed by atoms with Gasteiger partial charge in [-0.05, 0) is 0 Å². The molecule has 2 aromatic heterocycles. The second-order valence-electron chi connectivity index (χ2n) is 5.74. The van der Waals surface area contributed by atoms with Crippen molar-refractivity contribution in [3.63, 3.8) is 0 Å². The van der Waals surface area contributed by atoms with Crippen LogP contribution in [0.3, 0.4) is 0 Å². The minimum Gasteiger partial charge on any atom is -0.367 e. The molecule has 0 saturated carbocycles. The molecule has 176 valence electrons. The Kier molecular flexibility index (Phi) is 9.14. The fourth-order valence-corrected chi connectivity index (χ4v) is 3.03. The van der Waals surface area contributed by atoms with Gasteiger partial charge in [-0.2, -0.15) is 26.3 Å². The molecule has 31 heavy (non-hydrogen) atoms. The summed E-state index contributed by atoms with van der Waals surface area (Å²) >= 11 is 0. The van der Waals surface area contributed by atoms with Crippen LogP contribution in [0.5, 0.6) is 0 Å². The van der Waals surface area contributed by atoms with Crippen LogP contribution in [0.4, 0.5) is 26.3 Å². The molecule has 0 unspecified atom stereocenters. The quantitative estimate of drug-likeness (QED) is 0.184. The lowest BCUT2D eigenvalue weighted by Gasteiger charge is -2.19. The van der Waals surface area contributed by atoms with Crippen LogP contribution < -0.4 is 0 Å². The van der Waals surface area contributed by atoms with Crippen LogP contribution >= 0.6 is 7.60 Å². The molecular formula is C14H17F6N4O6P. The number of alkyl halides is 6. The smallest absolute Gasteiger partial charge is 0.367 e. The molecule has 2 aromatic rings. The molecule has 0 amide bonds. The van der Waals surface area contributed by atoms with Crippen LogP contribution in [0.25, 0.3) is 11.2 Å². The fourth-order valence-electron chi connectivity index (χ4n) is 1.98. The molecule has 0 aliphatic carbocycles. The Morgan fingerprint density at radius 2 is 1.55 bits per heavy atom. The van der Waals surface area contributed by atoms with Gasteiger partial charge in [0.05, 0.1) is 19.1 Å². The van der Waals surface area contributed by atoms with E-state index in [0.29, 0.717) is 11.2 Å². The minimum absolute atomic E-state index is 0.0843. The van der Waals surface area contributed by atoms with Crippen LogP contribution in [0.1, 0.15) is 0 Å². The maximum atomic E-state index is 12.5. The first-order valence-electron chi connectivity index (χ1n) is 8.33. The predicted molar refractivity (Wildman–Crippen MR) is 89.7 cm³/mol. The number of halogens is 6. The van der Waals surface area contributed by atoms with E-state index in [1.807, 2.05) is 0 Å². The third kappa shape index (κ3) is 9.88. The number of rotatable bonds is 13. The summed E-state index contributed by atoms with van der Waals surface area (Å²) in [7, 11) is -4.30. The third-order valence-electron chi connectivity index (χ3n) is 3.20. The van der Waals surface area contributed by atoms with E-state index in [1.54, 1.807) is 4.57 Å². The van der Waals surface area contributed by atoms with E-state index in [0.717, 1.165) is 0 Å². The first kappa shape index (κ1) is 25.4. The summed E-state index contributed by atoms with van der Waals surface area (Å²) in [4.78, 5) is 11.9. The molecule has 0 bridgehead atoms. The monoisotopic (exact) mass is 482 g/mol. The highest BCUT2D eigenvalue weighted by Crippen LogP contribution is 2.48. The number of hydrogen-bond donors (Lipinski definition) is 0. The lowest BCUT2D eigenvalue weighted by atomic mass is 10.5. The molecule has 17 heteroatoms. The second-order valence-corrected chi connectivity index (χ2v) is 7.74. The van der Waals surface area contributed by atoms with Gasteiger partial charge in [-0.3, -0.25) is 13.6 Å². The Bertz CT molecular complexity index is 838. The highest BCUT2D eigenvalue weighted by molar-refractivity contribution is 7.53. The average Bonchev–Trinajstić information content (AvgIpc) is 3.08. The van der Waals surface area contributed by atoms with Gasteiger partial charge in [-0.15, -0.1) is 0 Å². The molecule has 0 aliphatic rings. The summed E-state index contributed by atoms with van der Waals surface area (Å²) in [5.41, 5.74) is 1.01. The zero-order valence-electron chi connectivity index (χ0n) is 15.6.